The van der Waals surface area contributed by atoms with Crippen LogP contribution in [0.2, 0.25) is 0 Å². The number of primary amides is 1. The third-order valence-electron chi connectivity index (χ3n) is 5.53. The molecule has 196 valence electrons. The van der Waals surface area contributed by atoms with Gasteiger partial charge in [-0.25, -0.2) is 4.79 Å². The molecule has 13 heteroatoms. The zero-order valence-corrected chi connectivity index (χ0v) is 20.9. The maximum atomic E-state index is 12.8. The Balaban J connectivity index is 2.03. The van der Waals surface area contributed by atoms with E-state index in [4.69, 9.17) is 11.5 Å². The molecule has 4 amide bonds. The van der Waals surface area contributed by atoms with Gasteiger partial charge in [0.1, 0.15) is 18.1 Å². The van der Waals surface area contributed by atoms with E-state index in [0.717, 1.165) is 16.5 Å². The van der Waals surface area contributed by atoms with Crippen molar-refractivity contribution in [1.29, 1.82) is 0 Å². The van der Waals surface area contributed by atoms with Crippen LogP contribution < -0.4 is 27.4 Å². The number of H-pyrrole nitrogens is 1. The summed E-state index contributed by atoms with van der Waals surface area (Å²) in [5.74, 6) is -4.97. The first-order valence-corrected chi connectivity index (χ1v) is 11.9. The van der Waals surface area contributed by atoms with E-state index in [1.54, 1.807) is 20.0 Å². The number of carbonyl (C=O) groups is 5. The van der Waals surface area contributed by atoms with Crippen molar-refractivity contribution in [3.63, 3.8) is 0 Å². The molecule has 36 heavy (non-hydrogen) atoms. The van der Waals surface area contributed by atoms with Crippen molar-refractivity contribution < 1.29 is 29.1 Å². The molecule has 0 aliphatic rings. The van der Waals surface area contributed by atoms with E-state index in [9.17, 15) is 29.1 Å². The summed E-state index contributed by atoms with van der Waals surface area (Å²) in [6, 6.07) is 2.82. The Morgan fingerprint density at radius 1 is 1.00 bits per heavy atom. The van der Waals surface area contributed by atoms with Gasteiger partial charge < -0.3 is 37.5 Å². The van der Waals surface area contributed by atoms with E-state index in [-0.39, 0.29) is 12.2 Å². The summed E-state index contributed by atoms with van der Waals surface area (Å²) < 4.78 is 0. The highest BCUT2D eigenvalue weighted by atomic mass is 32.1. The lowest BCUT2D eigenvalue weighted by Gasteiger charge is -2.26. The van der Waals surface area contributed by atoms with Gasteiger partial charge in [-0.05, 0) is 24.0 Å². The molecule has 0 spiro atoms. The number of hydrogen-bond donors (Lipinski definition) is 8. The number of para-hydroxylation sites is 1. The topological polar surface area (TPSA) is 209 Å². The fourth-order valence-electron chi connectivity index (χ4n) is 3.55. The van der Waals surface area contributed by atoms with Gasteiger partial charge in [0.15, 0.2) is 0 Å². The number of hydrogen-bond acceptors (Lipinski definition) is 7. The van der Waals surface area contributed by atoms with Gasteiger partial charge in [0.2, 0.25) is 23.6 Å². The smallest absolute Gasteiger partial charge is 0.326 e. The fourth-order valence-corrected chi connectivity index (χ4v) is 3.81. The molecule has 0 bridgehead atoms. The highest BCUT2D eigenvalue weighted by molar-refractivity contribution is 7.80. The Hall–Kier alpha value is -3.58. The number of rotatable bonds is 13. The second-order valence-corrected chi connectivity index (χ2v) is 9.08. The number of benzene rings is 1. The number of aromatic amines is 1. The van der Waals surface area contributed by atoms with Crippen LogP contribution in [0.3, 0.4) is 0 Å². The minimum absolute atomic E-state index is 0.0801. The summed E-state index contributed by atoms with van der Waals surface area (Å²) in [7, 11) is 0. The van der Waals surface area contributed by atoms with Crippen LogP contribution in [0.25, 0.3) is 10.9 Å². The second-order valence-electron chi connectivity index (χ2n) is 8.71. The van der Waals surface area contributed by atoms with Crippen LogP contribution >= 0.6 is 12.6 Å². The van der Waals surface area contributed by atoms with E-state index in [1.165, 1.54) is 0 Å². The molecule has 1 aromatic heterocycles. The number of carboxylic acids is 1. The Kier molecular flexibility index (Phi) is 10.3. The molecule has 0 saturated heterocycles. The summed E-state index contributed by atoms with van der Waals surface area (Å²) in [4.78, 5) is 63.8. The molecule has 4 unspecified atom stereocenters. The maximum Gasteiger partial charge on any atom is 0.326 e. The first-order chi connectivity index (χ1) is 16.9. The van der Waals surface area contributed by atoms with Gasteiger partial charge in [-0.3, -0.25) is 19.2 Å². The molecule has 2 aromatic rings. The van der Waals surface area contributed by atoms with E-state index < -0.39 is 66.1 Å². The number of nitrogens with two attached hydrogens (primary N) is 2. The number of fused-ring (bicyclic) bond motifs is 1. The Labute approximate surface area is 213 Å². The van der Waals surface area contributed by atoms with Gasteiger partial charge in [0.25, 0.3) is 0 Å². The predicted octanol–water partition coefficient (Wildman–Crippen LogP) is -0.962. The van der Waals surface area contributed by atoms with Gasteiger partial charge >= 0.3 is 5.97 Å². The van der Waals surface area contributed by atoms with Crippen molar-refractivity contribution in [1.82, 2.24) is 20.9 Å². The van der Waals surface area contributed by atoms with Crippen molar-refractivity contribution in [2.75, 3.05) is 5.75 Å². The van der Waals surface area contributed by atoms with Crippen LogP contribution in [-0.4, -0.2) is 69.6 Å². The van der Waals surface area contributed by atoms with Crippen LogP contribution in [-0.2, 0) is 30.4 Å². The molecule has 4 atom stereocenters. The summed E-state index contributed by atoms with van der Waals surface area (Å²) in [5, 5.41) is 17.4. The van der Waals surface area contributed by atoms with E-state index in [1.807, 2.05) is 24.3 Å². The fraction of sp³-hybridized carbons (Fsp3) is 0.435. The van der Waals surface area contributed by atoms with Crippen molar-refractivity contribution in [3.05, 3.63) is 36.0 Å². The third-order valence-corrected chi connectivity index (χ3v) is 5.90. The summed E-state index contributed by atoms with van der Waals surface area (Å²) >= 11 is 4.13. The lowest BCUT2D eigenvalue weighted by Crippen LogP contribution is -2.59. The quantitative estimate of drug-likeness (QED) is 0.155. The average molecular weight is 521 g/mol. The summed E-state index contributed by atoms with van der Waals surface area (Å²) in [6.45, 7) is 3.28. The van der Waals surface area contributed by atoms with E-state index in [0.29, 0.717) is 0 Å². The lowest BCUT2D eigenvalue weighted by molar-refractivity contribution is -0.144. The van der Waals surface area contributed by atoms with Crippen LogP contribution in [0.4, 0.5) is 0 Å². The lowest BCUT2D eigenvalue weighted by atomic mass is 10.0. The second kappa shape index (κ2) is 12.9. The molecule has 12 nitrogen and oxygen atoms in total. The minimum atomic E-state index is -1.55. The van der Waals surface area contributed by atoms with Gasteiger partial charge in [-0.2, -0.15) is 12.6 Å². The number of carbonyl (C=O) groups excluding carboxylic acids is 4. The van der Waals surface area contributed by atoms with Crippen molar-refractivity contribution in [2.45, 2.75) is 50.9 Å². The first-order valence-electron chi connectivity index (χ1n) is 11.3. The minimum Gasteiger partial charge on any atom is -0.480 e. The van der Waals surface area contributed by atoms with Gasteiger partial charge in [0, 0.05) is 22.9 Å². The molecule has 0 aliphatic carbocycles. The van der Waals surface area contributed by atoms with Crippen molar-refractivity contribution in [2.24, 2.45) is 17.4 Å². The van der Waals surface area contributed by atoms with Gasteiger partial charge in [0.05, 0.1) is 12.5 Å². The van der Waals surface area contributed by atoms with E-state index >= 15 is 0 Å². The SMILES string of the molecule is CC(C)C(NC(=O)C(CS)NC(=O)C(N)Cc1c[nH]c2ccccc12)C(=O)NC(CC(N)=O)C(=O)O. The number of nitrogens with one attached hydrogen (secondary N) is 4. The average Bonchev–Trinajstić information content (AvgIpc) is 3.22. The molecule has 1 heterocycles. The van der Waals surface area contributed by atoms with Crippen LogP contribution in [0.15, 0.2) is 30.5 Å². The molecule has 1 aromatic carbocycles. The Bertz CT molecular complexity index is 1120. The summed E-state index contributed by atoms with van der Waals surface area (Å²) in [6.07, 6.45) is 1.39. The highest BCUT2D eigenvalue weighted by Crippen LogP contribution is 2.18. The molecular formula is C23H32N6O6S. The highest BCUT2D eigenvalue weighted by Gasteiger charge is 2.32. The number of aromatic nitrogens is 1. The zero-order chi connectivity index (χ0) is 27.0. The largest absolute Gasteiger partial charge is 0.480 e. The van der Waals surface area contributed by atoms with Crippen LogP contribution in [0.5, 0.6) is 0 Å². The monoisotopic (exact) mass is 520 g/mol. The van der Waals surface area contributed by atoms with Gasteiger partial charge in [-0.1, -0.05) is 32.0 Å². The number of amides is 4. The molecular weight excluding hydrogens is 488 g/mol. The van der Waals surface area contributed by atoms with E-state index in [2.05, 4.69) is 33.6 Å². The van der Waals surface area contributed by atoms with Crippen LogP contribution in [0.1, 0.15) is 25.8 Å². The molecule has 2 rings (SSSR count). The first kappa shape index (κ1) is 28.7. The molecule has 0 saturated carbocycles. The molecule has 0 radical (unpaired) electrons. The number of carboxylic acid groups (broad SMARTS) is 1. The molecule has 9 N–H and O–H groups in total. The van der Waals surface area contributed by atoms with Crippen LogP contribution in [0, 0.1) is 5.92 Å². The van der Waals surface area contributed by atoms with Gasteiger partial charge in [-0.15, -0.1) is 0 Å². The van der Waals surface area contributed by atoms with Crippen molar-refractivity contribution in [3.8, 4) is 0 Å². The predicted molar refractivity (Wildman–Crippen MR) is 136 cm³/mol. The maximum absolute atomic E-state index is 12.8. The van der Waals surface area contributed by atoms with Crippen molar-refractivity contribution >= 4 is 53.1 Å². The Morgan fingerprint density at radius 2 is 1.64 bits per heavy atom. The number of thiol groups is 1. The Morgan fingerprint density at radius 3 is 2.22 bits per heavy atom. The molecule has 0 aliphatic heterocycles. The zero-order valence-electron chi connectivity index (χ0n) is 20.0. The summed E-state index contributed by atoms with van der Waals surface area (Å²) in [5.41, 5.74) is 12.9. The molecule has 0 fully saturated rings. The third kappa shape index (κ3) is 7.71. The normalized spacial score (nSPS) is 14.5. The standard InChI is InChI=1S/C23H32N6O6S/c1-11(2)19(22(33)27-16(23(34)35)8-18(25)30)29-21(32)17(10-36)28-20(31)14(24)7-12-9-26-15-6-4-3-5-13(12)15/h3-6,9,11,14,16-17,19,26,36H,7-8,10,24H2,1-2H3,(H2,25,30)(H,27,33)(H,28,31)(H,29,32)(H,34,35). The number of aliphatic carboxylic acids is 1.